The van der Waals surface area contributed by atoms with Crippen LogP contribution in [-0.4, -0.2) is 31.4 Å². The third-order valence-corrected chi connectivity index (χ3v) is 0.365. The molecule has 0 atom stereocenters. The van der Waals surface area contributed by atoms with Crippen LogP contribution in [0.4, 0.5) is 0 Å². The molecule has 0 radical (unpaired) electrons. The standard InChI is InChI=1S/C4H6O2.C3H8.3CH2O/c1-3(2)4(5)6;1-3-2;3*1-2/h1H2,2H3,(H,5,6);3H2,1-2H3;3*1H2. The quantitative estimate of drug-likeness (QED) is 0.676. The van der Waals surface area contributed by atoms with E-state index in [0.29, 0.717) is 0 Å². The lowest BCUT2D eigenvalue weighted by atomic mass is 10.4. The molecule has 0 bridgehead atoms. The number of hydrogen-bond donors (Lipinski definition) is 1. The third-order valence-electron chi connectivity index (χ3n) is 0.365. The van der Waals surface area contributed by atoms with Crippen LogP contribution in [0.2, 0.25) is 0 Å². The van der Waals surface area contributed by atoms with Crippen molar-refractivity contribution in [3.8, 4) is 0 Å². The van der Waals surface area contributed by atoms with Crippen LogP contribution >= 0.6 is 0 Å². The molecule has 5 heteroatoms. The van der Waals surface area contributed by atoms with Crippen LogP contribution in [0.5, 0.6) is 0 Å². The van der Waals surface area contributed by atoms with Crippen LogP contribution in [0, 0.1) is 0 Å². The number of carboxylic acids is 1. The van der Waals surface area contributed by atoms with Crippen molar-refractivity contribution in [2.75, 3.05) is 0 Å². The summed E-state index contributed by atoms with van der Waals surface area (Å²) in [6.45, 7) is 14.9. The summed E-state index contributed by atoms with van der Waals surface area (Å²) in [5.74, 6) is -0.935. The molecule has 0 saturated carbocycles. The number of aliphatic carboxylic acids is 1. The van der Waals surface area contributed by atoms with Crippen LogP contribution in [0.25, 0.3) is 0 Å². The Morgan fingerprint density at radius 3 is 1.07 bits per heavy atom. The first-order valence-electron chi connectivity index (χ1n) is 3.81. The molecule has 0 rings (SSSR count). The average molecular weight is 220 g/mol. The first-order chi connectivity index (χ1) is 7.06. The van der Waals surface area contributed by atoms with Gasteiger partial charge in [-0.2, -0.15) is 0 Å². The van der Waals surface area contributed by atoms with Crippen molar-refractivity contribution in [2.24, 2.45) is 0 Å². The maximum atomic E-state index is 9.60. The van der Waals surface area contributed by atoms with Gasteiger partial charge in [-0.1, -0.05) is 26.8 Å². The SMILES string of the molecule is C=C(C)C(=O)O.C=O.C=O.C=O.CCC. The molecule has 0 aliphatic heterocycles. The Hall–Kier alpha value is -1.78. The number of carbonyl (C=O) groups excluding carboxylic acids is 3. The van der Waals surface area contributed by atoms with E-state index < -0.39 is 5.97 Å². The zero-order valence-electron chi connectivity index (χ0n) is 9.62. The molecule has 0 heterocycles. The van der Waals surface area contributed by atoms with Gasteiger partial charge < -0.3 is 19.5 Å². The average Bonchev–Trinajstić information content (AvgIpc) is 2.27. The van der Waals surface area contributed by atoms with E-state index in [1.807, 2.05) is 20.4 Å². The molecule has 0 aromatic carbocycles. The van der Waals surface area contributed by atoms with Gasteiger partial charge >= 0.3 is 5.97 Å². The highest BCUT2D eigenvalue weighted by Crippen LogP contribution is 1.81. The summed E-state index contributed by atoms with van der Waals surface area (Å²) in [4.78, 5) is 33.6. The molecule has 0 aliphatic rings. The summed E-state index contributed by atoms with van der Waals surface area (Å²) in [6.07, 6.45) is 1.25. The van der Waals surface area contributed by atoms with Crippen molar-refractivity contribution in [3.63, 3.8) is 0 Å². The Bertz CT molecular complexity index is 117. The zero-order valence-corrected chi connectivity index (χ0v) is 9.62. The van der Waals surface area contributed by atoms with Gasteiger partial charge in [0.15, 0.2) is 0 Å². The van der Waals surface area contributed by atoms with Gasteiger partial charge in [0.05, 0.1) is 0 Å². The fraction of sp³-hybridized carbons (Fsp3) is 0.400. The van der Waals surface area contributed by atoms with Crippen molar-refractivity contribution in [2.45, 2.75) is 27.2 Å². The summed E-state index contributed by atoms with van der Waals surface area (Å²) < 4.78 is 0. The van der Waals surface area contributed by atoms with E-state index in [1.165, 1.54) is 13.3 Å². The second kappa shape index (κ2) is 56.5. The van der Waals surface area contributed by atoms with Crippen molar-refractivity contribution in [1.82, 2.24) is 0 Å². The summed E-state index contributed by atoms with van der Waals surface area (Å²) in [5, 5.41) is 7.89. The minimum atomic E-state index is -0.935. The van der Waals surface area contributed by atoms with Gasteiger partial charge in [-0.3, -0.25) is 0 Å². The highest BCUT2D eigenvalue weighted by atomic mass is 16.4. The monoisotopic (exact) mass is 220 g/mol. The maximum absolute atomic E-state index is 9.60. The lowest BCUT2D eigenvalue weighted by molar-refractivity contribution is -0.132. The van der Waals surface area contributed by atoms with E-state index in [1.54, 1.807) is 0 Å². The molecule has 1 N–H and O–H groups in total. The van der Waals surface area contributed by atoms with E-state index in [-0.39, 0.29) is 5.57 Å². The van der Waals surface area contributed by atoms with Gasteiger partial charge in [0.1, 0.15) is 20.4 Å². The van der Waals surface area contributed by atoms with Gasteiger partial charge in [-0.05, 0) is 6.92 Å². The number of carboxylic acid groups (broad SMARTS) is 1. The first-order valence-corrected chi connectivity index (χ1v) is 3.81. The van der Waals surface area contributed by atoms with E-state index in [9.17, 15) is 4.79 Å². The highest BCUT2D eigenvalue weighted by molar-refractivity contribution is 5.84. The van der Waals surface area contributed by atoms with Crippen molar-refractivity contribution >= 4 is 26.3 Å². The number of rotatable bonds is 1. The van der Waals surface area contributed by atoms with E-state index in [2.05, 4.69) is 20.4 Å². The van der Waals surface area contributed by atoms with Gasteiger partial charge in [0.25, 0.3) is 0 Å². The summed E-state index contributed by atoms with van der Waals surface area (Å²) in [7, 11) is 0. The van der Waals surface area contributed by atoms with Crippen LogP contribution in [0.3, 0.4) is 0 Å². The lowest BCUT2D eigenvalue weighted by Gasteiger charge is -1.79. The smallest absolute Gasteiger partial charge is 0.330 e. The molecule has 0 unspecified atom stereocenters. The molecule has 0 saturated heterocycles. The molecule has 0 aromatic heterocycles. The van der Waals surface area contributed by atoms with E-state index in [4.69, 9.17) is 19.5 Å². The predicted octanol–water partition coefficient (Wildman–Crippen LogP) is 1.51. The summed E-state index contributed by atoms with van der Waals surface area (Å²) in [5.41, 5.74) is 0.176. The first kappa shape index (κ1) is 29.2. The minimum Gasteiger partial charge on any atom is -0.478 e. The molecule has 90 valence electrons. The Morgan fingerprint density at radius 1 is 1.00 bits per heavy atom. The van der Waals surface area contributed by atoms with E-state index >= 15 is 0 Å². The summed E-state index contributed by atoms with van der Waals surface area (Å²) >= 11 is 0. The van der Waals surface area contributed by atoms with Crippen molar-refractivity contribution in [3.05, 3.63) is 12.2 Å². The fourth-order valence-electron chi connectivity index (χ4n) is 0. The van der Waals surface area contributed by atoms with E-state index in [0.717, 1.165) is 0 Å². The zero-order chi connectivity index (χ0) is 13.9. The van der Waals surface area contributed by atoms with Crippen molar-refractivity contribution in [1.29, 1.82) is 0 Å². The Labute approximate surface area is 90.8 Å². The third kappa shape index (κ3) is 259. The van der Waals surface area contributed by atoms with Crippen molar-refractivity contribution < 1.29 is 24.3 Å². The van der Waals surface area contributed by atoms with Crippen LogP contribution in [0.1, 0.15) is 27.2 Å². The molecule has 0 spiro atoms. The Kier molecular flexibility index (Phi) is 110. The van der Waals surface area contributed by atoms with Crippen LogP contribution < -0.4 is 0 Å². The lowest BCUT2D eigenvalue weighted by Crippen LogP contribution is -1.92. The number of carbonyl (C=O) groups is 4. The Balaban J connectivity index is -0.0000000318. The largest absolute Gasteiger partial charge is 0.478 e. The van der Waals surface area contributed by atoms with Gasteiger partial charge in [0.2, 0.25) is 0 Å². The highest BCUT2D eigenvalue weighted by Gasteiger charge is 1.90. The topological polar surface area (TPSA) is 88.5 Å². The molecule has 0 amide bonds. The number of hydrogen-bond acceptors (Lipinski definition) is 4. The Morgan fingerprint density at radius 2 is 1.07 bits per heavy atom. The van der Waals surface area contributed by atoms with Crippen LogP contribution in [-0.2, 0) is 19.2 Å². The molecule has 0 fully saturated rings. The summed E-state index contributed by atoms with van der Waals surface area (Å²) in [6, 6.07) is 0. The normalized spacial score (nSPS) is 5.00. The van der Waals surface area contributed by atoms with Crippen LogP contribution in [0.15, 0.2) is 12.2 Å². The molecule has 5 nitrogen and oxygen atoms in total. The fourth-order valence-corrected chi connectivity index (χ4v) is 0. The molecular weight excluding hydrogens is 200 g/mol. The van der Waals surface area contributed by atoms with Gasteiger partial charge in [-0.15, -0.1) is 0 Å². The predicted molar refractivity (Wildman–Crippen MR) is 59.8 cm³/mol. The van der Waals surface area contributed by atoms with Gasteiger partial charge in [-0.25, -0.2) is 4.79 Å². The van der Waals surface area contributed by atoms with Gasteiger partial charge in [0, 0.05) is 5.57 Å². The second-order valence-corrected chi connectivity index (χ2v) is 1.79. The maximum Gasteiger partial charge on any atom is 0.330 e. The molecule has 0 aromatic rings. The minimum absolute atomic E-state index is 0.176. The second-order valence-electron chi connectivity index (χ2n) is 1.79. The molecule has 0 aliphatic carbocycles. The molecular formula is C10H20O5. The molecule has 15 heavy (non-hydrogen) atoms.